The van der Waals surface area contributed by atoms with Gasteiger partial charge in [0.1, 0.15) is 13.2 Å². The summed E-state index contributed by atoms with van der Waals surface area (Å²) in [6.07, 6.45) is 1.75. The Morgan fingerprint density at radius 1 is 1.13 bits per heavy atom. The van der Waals surface area contributed by atoms with Crippen molar-refractivity contribution in [1.82, 2.24) is 0 Å². The smallest absolute Gasteiger partial charge is 0.232 e. The number of nitrogens with zero attached hydrogens (tertiary/aromatic N) is 1. The number of nitrogens with one attached hydrogen (secondary N) is 1. The Morgan fingerprint density at radius 2 is 1.87 bits per heavy atom. The third-order valence-electron chi connectivity index (χ3n) is 4.44. The molecule has 0 aromatic heterocycles. The molecule has 2 aromatic carbocycles. The molecule has 0 fully saturated rings. The SMILES string of the molecule is CCSc1ccccc1NC(=O)CCCN(c1ccc2c(c1)OCCO2)S(C)(=O)=O. The van der Waals surface area contributed by atoms with E-state index < -0.39 is 10.0 Å². The fraction of sp³-hybridized carbons (Fsp3) is 0.381. The zero-order valence-corrected chi connectivity index (χ0v) is 18.7. The van der Waals surface area contributed by atoms with Gasteiger partial charge in [-0.1, -0.05) is 19.1 Å². The average Bonchev–Trinajstić information content (AvgIpc) is 2.71. The fourth-order valence-electron chi connectivity index (χ4n) is 3.12. The van der Waals surface area contributed by atoms with Gasteiger partial charge in [0.15, 0.2) is 11.5 Å². The molecule has 0 radical (unpaired) electrons. The van der Waals surface area contributed by atoms with Crippen LogP contribution >= 0.6 is 11.8 Å². The van der Waals surface area contributed by atoms with Gasteiger partial charge in [0.25, 0.3) is 0 Å². The molecule has 1 N–H and O–H groups in total. The van der Waals surface area contributed by atoms with Crippen molar-refractivity contribution in [3.63, 3.8) is 0 Å². The molecule has 7 nitrogen and oxygen atoms in total. The average molecular weight is 451 g/mol. The summed E-state index contributed by atoms with van der Waals surface area (Å²) in [6.45, 7) is 3.14. The van der Waals surface area contributed by atoms with Crippen LogP contribution in [0.2, 0.25) is 0 Å². The van der Waals surface area contributed by atoms with Crippen LogP contribution in [-0.4, -0.2) is 46.1 Å². The van der Waals surface area contributed by atoms with Gasteiger partial charge in [0, 0.05) is 23.9 Å². The van der Waals surface area contributed by atoms with E-state index in [-0.39, 0.29) is 18.9 Å². The Kier molecular flexibility index (Phi) is 7.49. The van der Waals surface area contributed by atoms with E-state index in [4.69, 9.17) is 9.47 Å². The minimum Gasteiger partial charge on any atom is -0.486 e. The monoisotopic (exact) mass is 450 g/mol. The van der Waals surface area contributed by atoms with Crippen molar-refractivity contribution in [3.05, 3.63) is 42.5 Å². The highest BCUT2D eigenvalue weighted by atomic mass is 32.2. The Hall–Kier alpha value is -2.39. The van der Waals surface area contributed by atoms with Crippen LogP contribution in [0.5, 0.6) is 11.5 Å². The summed E-state index contributed by atoms with van der Waals surface area (Å²) in [4.78, 5) is 13.4. The van der Waals surface area contributed by atoms with Crippen molar-refractivity contribution in [3.8, 4) is 11.5 Å². The number of fused-ring (bicyclic) bond motifs is 1. The number of hydrogen-bond acceptors (Lipinski definition) is 6. The largest absolute Gasteiger partial charge is 0.486 e. The second kappa shape index (κ2) is 10.1. The van der Waals surface area contributed by atoms with Gasteiger partial charge in [-0.05, 0) is 36.4 Å². The molecule has 2 aromatic rings. The van der Waals surface area contributed by atoms with Gasteiger partial charge in [-0.15, -0.1) is 11.8 Å². The Bertz CT molecular complexity index is 995. The van der Waals surface area contributed by atoms with E-state index in [0.717, 1.165) is 22.6 Å². The highest BCUT2D eigenvalue weighted by molar-refractivity contribution is 7.99. The molecule has 1 amide bonds. The first-order valence-electron chi connectivity index (χ1n) is 9.77. The van der Waals surface area contributed by atoms with Crippen molar-refractivity contribution in [2.45, 2.75) is 24.7 Å². The second-order valence-electron chi connectivity index (χ2n) is 6.74. The first-order valence-corrected chi connectivity index (χ1v) is 12.6. The molecule has 9 heteroatoms. The lowest BCUT2D eigenvalue weighted by Crippen LogP contribution is -2.31. The Balaban J connectivity index is 1.63. The van der Waals surface area contributed by atoms with E-state index >= 15 is 0 Å². The molecule has 30 heavy (non-hydrogen) atoms. The van der Waals surface area contributed by atoms with Crippen LogP contribution in [0, 0.1) is 0 Å². The van der Waals surface area contributed by atoms with E-state index in [1.54, 1.807) is 30.0 Å². The third-order valence-corrected chi connectivity index (χ3v) is 6.59. The number of amides is 1. The predicted octanol–water partition coefficient (Wildman–Crippen LogP) is 3.75. The van der Waals surface area contributed by atoms with Crippen molar-refractivity contribution in [2.75, 3.05) is 41.4 Å². The van der Waals surface area contributed by atoms with Gasteiger partial charge in [-0.2, -0.15) is 0 Å². The maximum Gasteiger partial charge on any atom is 0.232 e. The normalized spacial score (nSPS) is 13.0. The molecule has 3 rings (SSSR count). The van der Waals surface area contributed by atoms with Crippen LogP contribution in [-0.2, 0) is 14.8 Å². The van der Waals surface area contributed by atoms with Gasteiger partial charge in [-0.3, -0.25) is 9.10 Å². The van der Waals surface area contributed by atoms with Gasteiger partial charge in [0.05, 0.1) is 17.6 Å². The molecule has 0 saturated carbocycles. The van der Waals surface area contributed by atoms with E-state index in [9.17, 15) is 13.2 Å². The number of para-hydroxylation sites is 1. The standard InChI is InChI=1S/C21H26N2O5S2/c1-3-29-20-8-5-4-7-17(20)22-21(24)9-6-12-23(30(2,25)26)16-10-11-18-19(15-16)28-14-13-27-18/h4-5,7-8,10-11,15H,3,6,9,12-14H2,1-2H3,(H,22,24). The lowest BCUT2D eigenvalue weighted by atomic mass is 10.2. The van der Waals surface area contributed by atoms with Crippen LogP contribution in [0.4, 0.5) is 11.4 Å². The number of carbonyl (C=O) groups excluding carboxylic acids is 1. The van der Waals surface area contributed by atoms with Crippen molar-refractivity contribution in [2.24, 2.45) is 0 Å². The first-order chi connectivity index (χ1) is 14.4. The molecule has 1 heterocycles. The topological polar surface area (TPSA) is 84.9 Å². The minimum absolute atomic E-state index is 0.144. The van der Waals surface area contributed by atoms with Crippen LogP contribution in [0.15, 0.2) is 47.4 Å². The molecule has 1 aliphatic heterocycles. The van der Waals surface area contributed by atoms with E-state index in [1.807, 2.05) is 24.3 Å². The zero-order valence-electron chi connectivity index (χ0n) is 17.1. The second-order valence-corrected chi connectivity index (χ2v) is 9.96. The Morgan fingerprint density at radius 3 is 2.60 bits per heavy atom. The maximum absolute atomic E-state index is 12.4. The maximum atomic E-state index is 12.4. The number of hydrogen-bond donors (Lipinski definition) is 1. The molecule has 0 spiro atoms. The lowest BCUT2D eigenvalue weighted by Gasteiger charge is -2.25. The summed E-state index contributed by atoms with van der Waals surface area (Å²) >= 11 is 1.66. The van der Waals surface area contributed by atoms with Gasteiger partial charge in [0.2, 0.25) is 15.9 Å². The number of rotatable bonds is 9. The van der Waals surface area contributed by atoms with Gasteiger partial charge in [-0.25, -0.2) is 8.42 Å². The van der Waals surface area contributed by atoms with Crippen molar-refractivity contribution >= 4 is 39.1 Å². The highest BCUT2D eigenvalue weighted by Gasteiger charge is 2.21. The summed E-state index contributed by atoms with van der Waals surface area (Å²) in [6, 6.07) is 12.7. The van der Waals surface area contributed by atoms with Crippen LogP contribution in [0.3, 0.4) is 0 Å². The number of benzene rings is 2. The number of thioether (sulfide) groups is 1. The van der Waals surface area contributed by atoms with Crippen LogP contribution < -0.4 is 19.1 Å². The quantitative estimate of drug-likeness (QED) is 0.586. The van der Waals surface area contributed by atoms with Crippen molar-refractivity contribution < 1.29 is 22.7 Å². The molecule has 162 valence electrons. The molecule has 0 bridgehead atoms. The summed E-state index contributed by atoms with van der Waals surface area (Å²) in [5, 5.41) is 2.92. The van der Waals surface area contributed by atoms with Crippen molar-refractivity contribution in [1.29, 1.82) is 0 Å². The summed E-state index contributed by atoms with van der Waals surface area (Å²) in [5.41, 5.74) is 1.27. The van der Waals surface area contributed by atoms with E-state index in [2.05, 4.69) is 12.2 Å². The molecular weight excluding hydrogens is 424 g/mol. The van der Waals surface area contributed by atoms with E-state index in [0.29, 0.717) is 36.8 Å². The number of sulfonamides is 1. The van der Waals surface area contributed by atoms with Crippen LogP contribution in [0.1, 0.15) is 19.8 Å². The molecule has 0 aliphatic carbocycles. The zero-order chi connectivity index (χ0) is 21.6. The highest BCUT2D eigenvalue weighted by Crippen LogP contribution is 2.34. The summed E-state index contributed by atoms with van der Waals surface area (Å²) < 4.78 is 37.0. The molecule has 0 atom stereocenters. The molecule has 1 aliphatic rings. The Labute approximate surface area is 181 Å². The first kappa shape index (κ1) is 22.3. The van der Waals surface area contributed by atoms with Gasteiger partial charge < -0.3 is 14.8 Å². The molecule has 0 saturated heterocycles. The van der Waals surface area contributed by atoms with Crippen LogP contribution in [0.25, 0.3) is 0 Å². The summed E-state index contributed by atoms with van der Waals surface area (Å²) in [5.74, 6) is 1.89. The third kappa shape index (κ3) is 5.82. The molecule has 0 unspecified atom stereocenters. The molecular formula is C21H26N2O5S2. The minimum atomic E-state index is -3.51. The summed E-state index contributed by atoms with van der Waals surface area (Å²) in [7, 11) is -3.51. The lowest BCUT2D eigenvalue weighted by molar-refractivity contribution is -0.116. The van der Waals surface area contributed by atoms with Gasteiger partial charge >= 0.3 is 0 Å². The number of anilines is 2. The van der Waals surface area contributed by atoms with E-state index in [1.165, 1.54) is 4.31 Å². The predicted molar refractivity (Wildman–Crippen MR) is 120 cm³/mol. The number of ether oxygens (including phenoxy) is 2. The number of carbonyl (C=O) groups is 1. The fourth-order valence-corrected chi connectivity index (χ4v) is 4.84.